The molecule has 0 fully saturated rings. The van der Waals surface area contributed by atoms with E-state index in [0.717, 1.165) is 11.1 Å². The third-order valence-electron chi connectivity index (χ3n) is 2.92. The maximum atomic E-state index is 12.1. The first-order valence-corrected chi connectivity index (χ1v) is 5.84. The molecule has 0 unspecified atom stereocenters. The molecule has 2 aromatic rings. The molecule has 0 radical (unpaired) electrons. The van der Waals surface area contributed by atoms with Crippen molar-refractivity contribution in [1.82, 2.24) is 0 Å². The second-order valence-electron chi connectivity index (χ2n) is 4.35. The highest BCUT2D eigenvalue weighted by Crippen LogP contribution is 2.31. The average Bonchev–Trinajstić information content (AvgIpc) is 2.67. The standard InChI is InChI=1S/C16H12O2/c1-11-5-4-6-12(9-11)10-15-16(17)13-7-2-3-8-14(13)18-15/h2-10H,1H3/b15-10-. The first-order chi connectivity index (χ1) is 8.74. The number of benzene rings is 2. The summed E-state index contributed by atoms with van der Waals surface area (Å²) in [4.78, 5) is 12.1. The van der Waals surface area contributed by atoms with E-state index in [1.54, 1.807) is 12.1 Å². The number of hydrogen-bond donors (Lipinski definition) is 0. The van der Waals surface area contributed by atoms with Crippen LogP contribution < -0.4 is 4.74 Å². The molecule has 1 aliphatic heterocycles. The Balaban J connectivity index is 1.99. The highest BCUT2D eigenvalue weighted by atomic mass is 16.5. The maximum Gasteiger partial charge on any atom is 0.231 e. The first-order valence-electron chi connectivity index (χ1n) is 5.84. The van der Waals surface area contributed by atoms with Crippen molar-refractivity contribution in [3.05, 3.63) is 71.0 Å². The Labute approximate surface area is 106 Å². The lowest BCUT2D eigenvalue weighted by molar-refractivity contribution is 0.101. The fourth-order valence-corrected chi connectivity index (χ4v) is 2.05. The predicted octanol–water partition coefficient (Wildman–Crippen LogP) is 3.61. The third-order valence-corrected chi connectivity index (χ3v) is 2.92. The third kappa shape index (κ3) is 1.82. The van der Waals surface area contributed by atoms with Crippen molar-refractivity contribution in [3.8, 4) is 5.75 Å². The summed E-state index contributed by atoms with van der Waals surface area (Å²) in [5, 5.41) is 0. The van der Waals surface area contributed by atoms with E-state index < -0.39 is 0 Å². The van der Waals surface area contributed by atoms with Gasteiger partial charge >= 0.3 is 0 Å². The summed E-state index contributed by atoms with van der Waals surface area (Å²) >= 11 is 0. The van der Waals surface area contributed by atoms with Gasteiger partial charge in [0.25, 0.3) is 0 Å². The quantitative estimate of drug-likeness (QED) is 0.707. The number of ketones is 1. The van der Waals surface area contributed by atoms with Gasteiger partial charge in [0.1, 0.15) is 5.75 Å². The largest absolute Gasteiger partial charge is 0.452 e. The molecule has 0 saturated heterocycles. The van der Waals surface area contributed by atoms with Crippen molar-refractivity contribution >= 4 is 11.9 Å². The molecule has 0 atom stereocenters. The molecule has 2 nitrogen and oxygen atoms in total. The highest BCUT2D eigenvalue weighted by Gasteiger charge is 2.26. The number of ether oxygens (including phenoxy) is 1. The van der Waals surface area contributed by atoms with E-state index in [2.05, 4.69) is 0 Å². The lowest BCUT2D eigenvalue weighted by Gasteiger charge is -1.99. The van der Waals surface area contributed by atoms with E-state index in [-0.39, 0.29) is 5.78 Å². The van der Waals surface area contributed by atoms with Crippen LogP contribution in [-0.2, 0) is 0 Å². The normalized spacial score (nSPS) is 15.6. The van der Waals surface area contributed by atoms with Crippen LogP contribution in [0.4, 0.5) is 0 Å². The number of allylic oxidation sites excluding steroid dienone is 1. The van der Waals surface area contributed by atoms with Gasteiger partial charge in [-0.25, -0.2) is 0 Å². The number of fused-ring (bicyclic) bond motifs is 1. The van der Waals surface area contributed by atoms with Crippen LogP contribution in [-0.4, -0.2) is 5.78 Å². The van der Waals surface area contributed by atoms with Gasteiger partial charge in [-0.15, -0.1) is 0 Å². The van der Waals surface area contributed by atoms with Gasteiger partial charge in [0.2, 0.25) is 5.78 Å². The second-order valence-corrected chi connectivity index (χ2v) is 4.35. The summed E-state index contributed by atoms with van der Waals surface area (Å²) in [6.45, 7) is 2.02. The van der Waals surface area contributed by atoms with Crippen LogP contribution in [0.5, 0.6) is 5.75 Å². The molecule has 0 aliphatic carbocycles. The highest BCUT2D eigenvalue weighted by molar-refractivity contribution is 6.14. The summed E-state index contributed by atoms with van der Waals surface area (Å²) in [6.07, 6.45) is 1.79. The summed E-state index contributed by atoms with van der Waals surface area (Å²) < 4.78 is 5.57. The molecule has 3 rings (SSSR count). The molecule has 2 heteroatoms. The van der Waals surface area contributed by atoms with Gasteiger partial charge in [-0.1, -0.05) is 42.0 Å². The molecule has 18 heavy (non-hydrogen) atoms. The molecule has 1 heterocycles. The van der Waals surface area contributed by atoms with Crippen molar-refractivity contribution in [2.75, 3.05) is 0 Å². The molecule has 0 bridgehead atoms. The smallest absolute Gasteiger partial charge is 0.231 e. The van der Waals surface area contributed by atoms with Crippen LogP contribution in [0.3, 0.4) is 0 Å². The van der Waals surface area contributed by atoms with Crippen LogP contribution in [0.2, 0.25) is 0 Å². The fourth-order valence-electron chi connectivity index (χ4n) is 2.05. The van der Waals surface area contributed by atoms with E-state index in [0.29, 0.717) is 17.1 Å². The number of carbonyl (C=O) groups excluding carboxylic acids is 1. The number of hydrogen-bond acceptors (Lipinski definition) is 2. The van der Waals surface area contributed by atoms with E-state index >= 15 is 0 Å². The minimum absolute atomic E-state index is 0.0490. The monoisotopic (exact) mass is 236 g/mol. The van der Waals surface area contributed by atoms with Crippen LogP contribution >= 0.6 is 0 Å². The molecule has 0 saturated carbocycles. The van der Waals surface area contributed by atoms with Crippen LogP contribution in [0, 0.1) is 6.92 Å². The molecule has 0 aromatic heterocycles. The zero-order valence-electron chi connectivity index (χ0n) is 10.0. The van der Waals surface area contributed by atoms with E-state index in [1.165, 1.54) is 0 Å². The molecule has 0 N–H and O–H groups in total. The van der Waals surface area contributed by atoms with Crippen molar-refractivity contribution in [1.29, 1.82) is 0 Å². The SMILES string of the molecule is Cc1cccc(/C=C2\Oc3ccccc3C2=O)c1. The van der Waals surface area contributed by atoms with Crippen molar-refractivity contribution in [2.24, 2.45) is 0 Å². The van der Waals surface area contributed by atoms with E-state index in [9.17, 15) is 4.79 Å². The molecule has 0 amide bonds. The first kappa shape index (κ1) is 10.8. The Bertz CT molecular complexity index is 654. The number of carbonyl (C=O) groups is 1. The van der Waals surface area contributed by atoms with Gasteiger partial charge in [0.15, 0.2) is 5.76 Å². The van der Waals surface area contributed by atoms with Gasteiger partial charge < -0.3 is 4.74 Å². The molecule has 2 aromatic carbocycles. The Kier molecular flexibility index (Phi) is 2.49. The van der Waals surface area contributed by atoms with Crippen LogP contribution in [0.1, 0.15) is 21.5 Å². The lowest BCUT2D eigenvalue weighted by atomic mass is 10.1. The van der Waals surface area contributed by atoms with Crippen LogP contribution in [0.25, 0.3) is 6.08 Å². The Hall–Kier alpha value is -2.35. The van der Waals surface area contributed by atoms with E-state index in [4.69, 9.17) is 4.74 Å². The minimum atomic E-state index is -0.0490. The van der Waals surface area contributed by atoms with Gasteiger partial charge in [-0.05, 0) is 30.7 Å². The predicted molar refractivity (Wildman–Crippen MR) is 70.6 cm³/mol. The summed E-state index contributed by atoms with van der Waals surface area (Å²) in [6, 6.07) is 15.3. The Morgan fingerprint density at radius 3 is 2.67 bits per heavy atom. The lowest BCUT2D eigenvalue weighted by Crippen LogP contribution is -1.97. The number of para-hydroxylation sites is 1. The zero-order valence-corrected chi connectivity index (χ0v) is 10.0. The second kappa shape index (κ2) is 4.15. The average molecular weight is 236 g/mol. The van der Waals surface area contributed by atoms with Gasteiger partial charge in [0.05, 0.1) is 5.56 Å². The van der Waals surface area contributed by atoms with Crippen LogP contribution in [0.15, 0.2) is 54.3 Å². The number of rotatable bonds is 1. The topological polar surface area (TPSA) is 26.3 Å². The molecular formula is C16H12O2. The van der Waals surface area contributed by atoms with Gasteiger partial charge in [-0.2, -0.15) is 0 Å². The zero-order chi connectivity index (χ0) is 12.5. The van der Waals surface area contributed by atoms with Gasteiger partial charge in [0, 0.05) is 0 Å². The minimum Gasteiger partial charge on any atom is -0.452 e. The van der Waals surface area contributed by atoms with Crippen molar-refractivity contribution < 1.29 is 9.53 Å². The fraction of sp³-hybridized carbons (Fsp3) is 0.0625. The number of aryl methyl sites for hydroxylation is 1. The Morgan fingerprint density at radius 1 is 1.06 bits per heavy atom. The Morgan fingerprint density at radius 2 is 1.89 bits per heavy atom. The van der Waals surface area contributed by atoms with E-state index in [1.807, 2.05) is 49.4 Å². The van der Waals surface area contributed by atoms with Crippen molar-refractivity contribution in [3.63, 3.8) is 0 Å². The molecular weight excluding hydrogens is 224 g/mol. The van der Waals surface area contributed by atoms with Gasteiger partial charge in [-0.3, -0.25) is 4.79 Å². The molecule has 0 spiro atoms. The van der Waals surface area contributed by atoms with Crippen molar-refractivity contribution in [2.45, 2.75) is 6.92 Å². The molecule has 88 valence electrons. The summed E-state index contributed by atoms with van der Waals surface area (Å²) in [5.41, 5.74) is 2.77. The molecule has 1 aliphatic rings. The summed E-state index contributed by atoms with van der Waals surface area (Å²) in [7, 11) is 0. The number of Topliss-reactive ketones (excluding diaryl/α,β-unsaturated/α-hetero) is 1. The summed E-state index contributed by atoms with van der Waals surface area (Å²) in [5.74, 6) is 0.982. The maximum absolute atomic E-state index is 12.1.